The average Bonchev–Trinajstić information content (AvgIpc) is 2.31. The molecular weight excluding hydrogens is 222 g/mol. The van der Waals surface area contributed by atoms with Crippen molar-refractivity contribution in [2.75, 3.05) is 11.9 Å². The summed E-state index contributed by atoms with van der Waals surface area (Å²) in [6.45, 7) is 1.68. The van der Waals surface area contributed by atoms with E-state index in [1.807, 2.05) is 0 Å². The van der Waals surface area contributed by atoms with E-state index in [1.54, 1.807) is 37.3 Å². The molecular formula is C11H11N3O3. The Balaban J connectivity index is 2.76. The van der Waals surface area contributed by atoms with Gasteiger partial charge in [-0.15, -0.1) is 0 Å². The zero-order valence-corrected chi connectivity index (χ0v) is 9.21. The number of rotatable bonds is 4. The molecule has 1 aromatic rings. The highest BCUT2D eigenvalue weighted by atomic mass is 16.5. The number of nitrogens with zero attached hydrogens (tertiary/aromatic N) is 2. The molecule has 0 saturated heterocycles. The number of amides is 1. The maximum absolute atomic E-state index is 11.6. The largest absolute Gasteiger partial charge is 0.463 e. The van der Waals surface area contributed by atoms with Crippen molar-refractivity contribution in [1.29, 1.82) is 0 Å². The summed E-state index contributed by atoms with van der Waals surface area (Å²) in [5, 5.41) is 2.40. The van der Waals surface area contributed by atoms with E-state index >= 15 is 0 Å². The van der Waals surface area contributed by atoms with Gasteiger partial charge in [-0.1, -0.05) is 18.2 Å². The predicted octanol–water partition coefficient (Wildman–Crippen LogP) is 0.859. The van der Waals surface area contributed by atoms with E-state index in [9.17, 15) is 9.59 Å². The molecule has 0 atom stereocenters. The van der Waals surface area contributed by atoms with Crippen LogP contribution in [0.4, 0.5) is 5.69 Å². The van der Waals surface area contributed by atoms with Gasteiger partial charge in [-0.25, -0.2) is 4.79 Å². The van der Waals surface area contributed by atoms with Crippen molar-refractivity contribution in [1.82, 2.24) is 0 Å². The molecule has 6 nitrogen and oxygen atoms in total. The van der Waals surface area contributed by atoms with Gasteiger partial charge in [0.15, 0.2) is 0 Å². The van der Waals surface area contributed by atoms with Crippen molar-refractivity contribution < 1.29 is 19.1 Å². The van der Waals surface area contributed by atoms with E-state index < -0.39 is 17.6 Å². The minimum absolute atomic E-state index is 0.0937. The summed E-state index contributed by atoms with van der Waals surface area (Å²) >= 11 is 0. The van der Waals surface area contributed by atoms with Gasteiger partial charge < -0.3 is 15.6 Å². The maximum atomic E-state index is 11.6. The fourth-order valence-corrected chi connectivity index (χ4v) is 1.09. The highest BCUT2D eigenvalue weighted by Gasteiger charge is 2.31. The quantitative estimate of drug-likeness (QED) is 0.275. The van der Waals surface area contributed by atoms with Crippen molar-refractivity contribution in [3.63, 3.8) is 0 Å². The Hall–Kier alpha value is -2.46. The lowest BCUT2D eigenvalue weighted by Gasteiger charge is -2.01. The van der Waals surface area contributed by atoms with Gasteiger partial charge >= 0.3 is 17.6 Å². The molecule has 6 heteroatoms. The minimum Gasteiger partial charge on any atom is -0.457 e. The van der Waals surface area contributed by atoms with E-state index in [-0.39, 0.29) is 6.61 Å². The molecule has 1 rings (SSSR count). The molecule has 1 aromatic carbocycles. The molecule has 88 valence electrons. The first kappa shape index (κ1) is 12.6. The molecule has 0 aliphatic heterocycles. The van der Waals surface area contributed by atoms with Crippen LogP contribution in [0.1, 0.15) is 6.92 Å². The van der Waals surface area contributed by atoms with Crippen molar-refractivity contribution in [3.8, 4) is 0 Å². The summed E-state index contributed by atoms with van der Waals surface area (Å²) in [5.74, 6) is -1.79. The number of anilines is 1. The summed E-state index contributed by atoms with van der Waals surface area (Å²) in [6, 6.07) is 8.49. The van der Waals surface area contributed by atoms with Gasteiger partial charge in [-0.3, -0.25) is 4.79 Å². The zero-order valence-electron chi connectivity index (χ0n) is 9.21. The van der Waals surface area contributed by atoms with Crippen molar-refractivity contribution >= 4 is 23.3 Å². The van der Waals surface area contributed by atoms with Crippen LogP contribution in [-0.2, 0) is 14.3 Å². The molecule has 0 aliphatic rings. The van der Waals surface area contributed by atoms with Crippen molar-refractivity contribution in [2.45, 2.75) is 6.92 Å². The maximum Gasteiger partial charge on any atom is 0.463 e. The lowest BCUT2D eigenvalue weighted by molar-refractivity contribution is -0.141. The number of para-hydroxylation sites is 1. The molecule has 0 aliphatic carbocycles. The van der Waals surface area contributed by atoms with Crippen LogP contribution in [0.15, 0.2) is 30.3 Å². The van der Waals surface area contributed by atoms with Crippen molar-refractivity contribution in [3.05, 3.63) is 35.9 Å². The zero-order chi connectivity index (χ0) is 12.7. The number of hydrogen-bond donors (Lipinski definition) is 1. The first-order chi connectivity index (χ1) is 8.19. The molecule has 0 spiro atoms. The third-order valence-electron chi connectivity index (χ3n) is 1.82. The van der Waals surface area contributed by atoms with Crippen LogP contribution in [0.2, 0.25) is 0 Å². The molecule has 0 aromatic heterocycles. The highest BCUT2D eigenvalue weighted by molar-refractivity contribution is 6.64. The molecule has 0 radical (unpaired) electrons. The fraction of sp³-hybridized carbons (Fsp3) is 0.182. The lowest BCUT2D eigenvalue weighted by atomic mass is 10.3. The van der Waals surface area contributed by atoms with Crippen LogP contribution in [-0.4, -0.2) is 29.0 Å². The van der Waals surface area contributed by atoms with E-state index in [4.69, 9.17) is 5.53 Å². The van der Waals surface area contributed by atoms with Gasteiger partial charge in [-0.2, -0.15) is 4.79 Å². The second-order valence-corrected chi connectivity index (χ2v) is 2.99. The monoisotopic (exact) mass is 233 g/mol. The van der Waals surface area contributed by atoms with Gasteiger partial charge in [0.25, 0.3) is 0 Å². The van der Waals surface area contributed by atoms with Gasteiger partial charge in [0.1, 0.15) is 0 Å². The molecule has 1 amide bonds. The van der Waals surface area contributed by atoms with E-state index in [0.717, 1.165) is 0 Å². The van der Waals surface area contributed by atoms with Crippen LogP contribution in [0.5, 0.6) is 0 Å². The Morgan fingerprint density at radius 2 is 2.00 bits per heavy atom. The second-order valence-electron chi connectivity index (χ2n) is 2.99. The molecule has 0 saturated carbocycles. The first-order valence-electron chi connectivity index (χ1n) is 4.94. The highest BCUT2D eigenvalue weighted by Crippen LogP contribution is 2.04. The molecule has 0 unspecified atom stereocenters. The molecule has 0 heterocycles. The first-order valence-corrected chi connectivity index (χ1v) is 4.94. The van der Waals surface area contributed by atoms with Crippen LogP contribution in [0.3, 0.4) is 0 Å². The second kappa shape index (κ2) is 6.19. The van der Waals surface area contributed by atoms with Gasteiger partial charge in [0.2, 0.25) is 0 Å². The number of benzene rings is 1. The van der Waals surface area contributed by atoms with Gasteiger partial charge in [0, 0.05) is 5.69 Å². The summed E-state index contributed by atoms with van der Waals surface area (Å²) in [5.41, 5.74) is 8.40. The number of carbonyl (C=O) groups excluding carboxylic acids is 2. The minimum atomic E-state index is -0.969. The van der Waals surface area contributed by atoms with Gasteiger partial charge in [0.05, 0.1) is 6.61 Å². The third kappa shape index (κ3) is 3.55. The average molecular weight is 233 g/mol. The molecule has 1 N–H and O–H groups in total. The number of carbonyl (C=O) groups is 2. The van der Waals surface area contributed by atoms with E-state index in [1.165, 1.54) is 0 Å². The molecule has 0 bridgehead atoms. The number of hydrogen-bond acceptors (Lipinski definition) is 3. The lowest BCUT2D eigenvalue weighted by Crippen LogP contribution is -2.32. The number of nitrogens with one attached hydrogen (secondary N) is 1. The van der Waals surface area contributed by atoms with Gasteiger partial charge in [-0.05, 0) is 19.1 Å². The Kier molecular flexibility index (Phi) is 4.59. The number of esters is 1. The summed E-state index contributed by atoms with van der Waals surface area (Å²) < 4.78 is 4.56. The Morgan fingerprint density at radius 1 is 1.35 bits per heavy atom. The Morgan fingerprint density at radius 3 is 2.53 bits per heavy atom. The Labute approximate surface area is 97.8 Å². The smallest absolute Gasteiger partial charge is 0.457 e. The van der Waals surface area contributed by atoms with E-state index in [2.05, 4.69) is 14.8 Å². The van der Waals surface area contributed by atoms with Crippen molar-refractivity contribution in [2.24, 2.45) is 0 Å². The molecule has 0 fully saturated rings. The number of ether oxygens (including phenoxy) is 1. The SMILES string of the molecule is CCOC(=O)C(=[N+]=[N-])C(=O)Nc1ccccc1. The summed E-state index contributed by atoms with van der Waals surface area (Å²) in [7, 11) is 0. The van der Waals surface area contributed by atoms with Crippen LogP contribution in [0, 0.1) is 0 Å². The third-order valence-corrected chi connectivity index (χ3v) is 1.82. The standard InChI is InChI=1S/C11H11N3O3/c1-2-17-11(16)9(14-12)10(15)13-8-6-4-3-5-7-8/h3-7H,2H2,1H3,(H,13,15). The fourth-order valence-electron chi connectivity index (χ4n) is 1.09. The topological polar surface area (TPSA) is 91.8 Å². The van der Waals surface area contributed by atoms with Crippen LogP contribution >= 0.6 is 0 Å². The summed E-state index contributed by atoms with van der Waals surface area (Å²) in [4.78, 5) is 25.4. The Bertz CT molecular complexity index is 464. The van der Waals surface area contributed by atoms with Crippen LogP contribution in [0.25, 0.3) is 5.53 Å². The normalized spacial score (nSPS) is 9.00. The van der Waals surface area contributed by atoms with Crippen LogP contribution < -0.4 is 5.32 Å². The van der Waals surface area contributed by atoms with E-state index in [0.29, 0.717) is 5.69 Å². The molecule has 17 heavy (non-hydrogen) atoms. The predicted molar refractivity (Wildman–Crippen MR) is 60.3 cm³/mol. The summed E-state index contributed by atoms with van der Waals surface area (Å²) in [6.07, 6.45) is 0.